The Hall–Kier alpha value is -1.92. The molecule has 2 aromatic rings. The standard InChI is InChI=1S/C18H21FN2O2S/c1-13-16(21-17-10-11-20-12-15(17)19)8-5-9-18(13)24(22,23)14-6-3-2-4-7-14/h2-9,15,17,20-21H,10-12H2,1H3. The third kappa shape index (κ3) is 3.30. The second-order valence-corrected chi connectivity index (χ2v) is 7.92. The van der Waals surface area contributed by atoms with Crippen LogP contribution in [0.3, 0.4) is 0 Å². The highest BCUT2D eigenvalue weighted by atomic mass is 32.2. The number of benzene rings is 2. The number of hydrogen-bond donors (Lipinski definition) is 2. The molecule has 2 unspecified atom stereocenters. The molecule has 2 atom stereocenters. The van der Waals surface area contributed by atoms with Gasteiger partial charge in [0.05, 0.1) is 15.8 Å². The molecule has 24 heavy (non-hydrogen) atoms. The van der Waals surface area contributed by atoms with Crippen molar-refractivity contribution < 1.29 is 12.8 Å². The molecular formula is C18H21FN2O2S. The predicted molar refractivity (Wildman–Crippen MR) is 92.9 cm³/mol. The average Bonchev–Trinajstić information content (AvgIpc) is 2.59. The van der Waals surface area contributed by atoms with Crippen LogP contribution >= 0.6 is 0 Å². The van der Waals surface area contributed by atoms with Crippen LogP contribution in [-0.2, 0) is 9.84 Å². The van der Waals surface area contributed by atoms with E-state index in [2.05, 4.69) is 10.6 Å². The molecular weight excluding hydrogens is 327 g/mol. The van der Waals surface area contributed by atoms with Gasteiger partial charge in [-0.3, -0.25) is 0 Å². The van der Waals surface area contributed by atoms with Gasteiger partial charge in [-0.05, 0) is 49.7 Å². The number of rotatable bonds is 4. The quantitative estimate of drug-likeness (QED) is 0.892. The molecule has 0 aromatic heterocycles. The number of nitrogens with one attached hydrogen (secondary N) is 2. The maximum Gasteiger partial charge on any atom is 0.206 e. The largest absolute Gasteiger partial charge is 0.379 e. The molecule has 1 saturated heterocycles. The van der Waals surface area contributed by atoms with Crippen molar-refractivity contribution in [2.24, 2.45) is 0 Å². The summed E-state index contributed by atoms with van der Waals surface area (Å²) in [6.07, 6.45) is -0.330. The first kappa shape index (κ1) is 16.9. The van der Waals surface area contributed by atoms with Crippen molar-refractivity contribution in [1.82, 2.24) is 5.32 Å². The molecule has 0 bridgehead atoms. The van der Waals surface area contributed by atoms with E-state index in [1.165, 1.54) is 0 Å². The average molecular weight is 348 g/mol. The van der Waals surface area contributed by atoms with Gasteiger partial charge in [0.25, 0.3) is 0 Å². The summed E-state index contributed by atoms with van der Waals surface area (Å²) < 4.78 is 39.7. The summed E-state index contributed by atoms with van der Waals surface area (Å²) in [6.45, 7) is 2.82. The molecule has 2 aromatic carbocycles. The molecule has 0 amide bonds. The van der Waals surface area contributed by atoms with Crippen molar-refractivity contribution in [3.8, 4) is 0 Å². The first-order chi connectivity index (χ1) is 11.5. The fourth-order valence-electron chi connectivity index (χ4n) is 2.97. The highest BCUT2D eigenvalue weighted by Gasteiger charge is 2.26. The summed E-state index contributed by atoms with van der Waals surface area (Å²) in [6, 6.07) is 13.1. The number of anilines is 1. The van der Waals surface area contributed by atoms with E-state index in [4.69, 9.17) is 0 Å². The third-order valence-corrected chi connectivity index (χ3v) is 6.29. The van der Waals surface area contributed by atoms with Gasteiger partial charge in [0.15, 0.2) is 0 Å². The van der Waals surface area contributed by atoms with Crippen LogP contribution in [0.25, 0.3) is 0 Å². The minimum atomic E-state index is -3.59. The lowest BCUT2D eigenvalue weighted by Gasteiger charge is -2.29. The number of halogens is 1. The topological polar surface area (TPSA) is 58.2 Å². The van der Waals surface area contributed by atoms with E-state index in [0.29, 0.717) is 24.2 Å². The van der Waals surface area contributed by atoms with Gasteiger partial charge in [0.2, 0.25) is 9.84 Å². The third-order valence-electron chi connectivity index (χ3n) is 4.38. The van der Waals surface area contributed by atoms with Crippen molar-refractivity contribution in [1.29, 1.82) is 0 Å². The van der Waals surface area contributed by atoms with E-state index in [1.807, 2.05) is 0 Å². The molecule has 0 aliphatic carbocycles. The van der Waals surface area contributed by atoms with Crippen LogP contribution in [0.1, 0.15) is 12.0 Å². The zero-order chi connectivity index (χ0) is 17.2. The van der Waals surface area contributed by atoms with E-state index in [1.54, 1.807) is 55.5 Å². The Balaban J connectivity index is 1.94. The predicted octanol–water partition coefficient (Wildman–Crippen LogP) is 2.94. The Morgan fingerprint density at radius 3 is 2.58 bits per heavy atom. The maximum atomic E-state index is 14.0. The number of sulfone groups is 1. The van der Waals surface area contributed by atoms with Crippen molar-refractivity contribution >= 4 is 15.5 Å². The molecule has 2 N–H and O–H groups in total. The Bertz CT molecular complexity index is 809. The number of hydrogen-bond acceptors (Lipinski definition) is 4. The molecule has 6 heteroatoms. The highest BCUT2D eigenvalue weighted by Crippen LogP contribution is 2.29. The van der Waals surface area contributed by atoms with E-state index in [-0.39, 0.29) is 15.8 Å². The Morgan fingerprint density at radius 1 is 1.12 bits per heavy atom. The molecule has 1 aliphatic rings. The van der Waals surface area contributed by atoms with Gasteiger partial charge in [-0.2, -0.15) is 0 Å². The van der Waals surface area contributed by atoms with Crippen LogP contribution in [0.15, 0.2) is 58.3 Å². The first-order valence-electron chi connectivity index (χ1n) is 8.01. The van der Waals surface area contributed by atoms with E-state index >= 15 is 0 Å². The van der Waals surface area contributed by atoms with E-state index < -0.39 is 16.0 Å². The molecule has 1 aliphatic heterocycles. The van der Waals surface area contributed by atoms with Gasteiger partial charge in [-0.1, -0.05) is 24.3 Å². The summed E-state index contributed by atoms with van der Waals surface area (Å²) in [7, 11) is -3.59. The summed E-state index contributed by atoms with van der Waals surface area (Å²) in [5.41, 5.74) is 1.29. The van der Waals surface area contributed by atoms with Crippen molar-refractivity contribution in [3.63, 3.8) is 0 Å². The van der Waals surface area contributed by atoms with E-state index in [0.717, 1.165) is 6.54 Å². The van der Waals surface area contributed by atoms with Crippen LogP contribution < -0.4 is 10.6 Å². The molecule has 128 valence electrons. The second-order valence-electron chi connectivity index (χ2n) is 6.00. The van der Waals surface area contributed by atoms with Crippen LogP contribution in [0.2, 0.25) is 0 Å². The molecule has 1 fully saturated rings. The van der Waals surface area contributed by atoms with Gasteiger partial charge in [-0.25, -0.2) is 12.8 Å². The number of piperidine rings is 1. The Labute approximate surface area is 142 Å². The monoisotopic (exact) mass is 348 g/mol. The maximum absolute atomic E-state index is 14.0. The first-order valence-corrected chi connectivity index (χ1v) is 9.49. The SMILES string of the molecule is Cc1c(NC2CCNCC2F)cccc1S(=O)(=O)c1ccccc1. The lowest BCUT2D eigenvalue weighted by molar-refractivity contribution is 0.245. The smallest absolute Gasteiger partial charge is 0.206 e. The van der Waals surface area contributed by atoms with Gasteiger partial charge in [0.1, 0.15) is 6.17 Å². The van der Waals surface area contributed by atoms with Crippen molar-refractivity contribution in [2.45, 2.75) is 35.3 Å². The minimum Gasteiger partial charge on any atom is -0.379 e. The fourth-order valence-corrected chi connectivity index (χ4v) is 4.51. The summed E-state index contributed by atoms with van der Waals surface area (Å²) in [5.74, 6) is 0. The van der Waals surface area contributed by atoms with Gasteiger partial charge in [-0.15, -0.1) is 0 Å². The van der Waals surface area contributed by atoms with Crippen LogP contribution in [0.4, 0.5) is 10.1 Å². The molecule has 3 rings (SSSR count). The van der Waals surface area contributed by atoms with Crippen molar-refractivity contribution in [2.75, 3.05) is 18.4 Å². The van der Waals surface area contributed by atoms with Crippen LogP contribution in [0, 0.1) is 6.92 Å². The van der Waals surface area contributed by atoms with Crippen LogP contribution in [0.5, 0.6) is 0 Å². The molecule has 0 spiro atoms. The molecule has 1 heterocycles. The second kappa shape index (κ2) is 6.91. The number of alkyl halides is 1. The summed E-state index contributed by atoms with van der Waals surface area (Å²) >= 11 is 0. The van der Waals surface area contributed by atoms with Gasteiger partial charge < -0.3 is 10.6 Å². The highest BCUT2D eigenvalue weighted by molar-refractivity contribution is 7.91. The fraction of sp³-hybridized carbons (Fsp3) is 0.333. The normalized spacial score (nSPS) is 21.4. The summed E-state index contributed by atoms with van der Waals surface area (Å²) in [5, 5.41) is 6.19. The van der Waals surface area contributed by atoms with Crippen molar-refractivity contribution in [3.05, 3.63) is 54.1 Å². The minimum absolute atomic E-state index is 0.253. The lowest BCUT2D eigenvalue weighted by Crippen LogP contribution is -2.45. The molecule has 0 saturated carbocycles. The van der Waals surface area contributed by atoms with Gasteiger partial charge >= 0.3 is 0 Å². The Kier molecular flexibility index (Phi) is 4.87. The molecule has 4 nitrogen and oxygen atoms in total. The van der Waals surface area contributed by atoms with E-state index in [9.17, 15) is 12.8 Å². The van der Waals surface area contributed by atoms with Crippen LogP contribution in [-0.4, -0.2) is 33.7 Å². The van der Waals surface area contributed by atoms with Gasteiger partial charge in [0, 0.05) is 12.2 Å². The zero-order valence-electron chi connectivity index (χ0n) is 13.5. The lowest BCUT2D eigenvalue weighted by atomic mass is 10.0. The zero-order valence-corrected chi connectivity index (χ0v) is 14.3. The summed E-state index contributed by atoms with van der Waals surface area (Å²) in [4.78, 5) is 0.513. The Morgan fingerprint density at radius 2 is 1.88 bits per heavy atom. The molecule has 0 radical (unpaired) electrons.